The number of rotatable bonds is 4. The first-order valence-electron chi connectivity index (χ1n) is 9.98. The van der Waals surface area contributed by atoms with E-state index in [4.69, 9.17) is 5.73 Å². The molecule has 0 atom stereocenters. The number of alkyl halides is 3. The summed E-state index contributed by atoms with van der Waals surface area (Å²) in [7, 11) is 0. The number of pyridine rings is 1. The summed E-state index contributed by atoms with van der Waals surface area (Å²) in [5.74, 6) is -1.48. The van der Waals surface area contributed by atoms with E-state index in [0.29, 0.717) is 22.5 Å². The number of nitrogen functional groups attached to an aromatic ring is 1. The lowest BCUT2D eigenvalue weighted by Gasteiger charge is -2.24. The number of nitrogens with zero attached hydrogens (tertiary/aromatic N) is 5. The maximum atomic E-state index is 13.5. The molecule has 0 spiro atoms. The van der Waals surface area contributed by atoms with Crippen LogP contribution >= 0.6 is 11.3 Å². The molecule has 0 unspecified atom stereocenters. The van der Waals surface area contributed by atoms with E-state index >= 15 is 0 Å². The fourth-order valence-corrected chi connectivity index (χ4v) is 4.36. The zero-order chi connectivity index (χ0) is 23.9. The van der Waals surface area contributed by atoms with Crippen molar-refractivity contribution in [1.29, 1.82) is 0 Å². The highest BCUT2D eigenvalue weighted by molar-refractivity contribution is 7.17. The molecule has 3 heterocycles. The van der Waals surface area contributed by atoms with Crippen molar-refractivity contribution >= 4 is 49.9 Å². The van der Waals surface area contributed by atoms with E-state index in [2.05, 4.69) is 19.9 Å². The van der Waals surface area contributed by atoms with Gasteiger partial charge in [0.15, 0.2) is 0 Å². The number of hydrogen-bond acceptors (Lipinski definition) is 7. The summed E-state index contributed by atoms with van der Waals surface area (Å²) < 4.78 is 39.4. The minimum atomic E-state index is -4.70. The number of amides is 1. The number of anilines is 2. The molecule has 1 amide bonds. The highest BCUT2D eigenvalue weighted by Gasteiger charge is 2.34. The standard InChI is InChI=1S/C23H15F3N6OS/c24-23(25,26)22-28-9-15(10-29-22)21(33)32(18-3-1-2-16-20(18)34-12-30-16)11-13-4-5-14-6-7-19(27)31-17(14)8-13/h1-10,12H,11H2,(H2,27,31). The average molecular weight is 480 g/mol. The van der Waals surface area contributed by atoms with Gasteiger partial charge in [-0.05, 0) is 35.9 Å². The van der Waals surface area contributed by atoms with E-state index in [9.17, 15) is 18.0 Å². The molecule has 0 aliphatic rings. The zero-order valence-electron chi connectivity index (χ0n) is 17.3. The molecule has 11 heteroatoms. The van der Waals surface area contributed by atoms with Crippen LogP contribution in [0.15, 0.2) is 66.4 Å². The normalized spacial score (nSPS) is 11.7. The molecule has 170 valence electrons. The Balaban J connectivity index is 1.58. The van der Waals surface area contributed by atoms with Gasteiger partial charge in [0.05, 0.1) is 39.0 Å². The van der Waals surface area contributed by atoms with E-state index < -0.39 is 17.9 Å². The molecule has 0 aliphatic heterocycles. The van der Waals surface area contributed by atoms with Gasteiger partial charge in [0.1, 0.15) is 5.82 Å². The van der Waals surface area contributed by atoms with E-state index in [1.165, 1.54) is 16.2 Å². The Hall–Kier alpha value is -4.12. The van der Waals surface area contributed by atoms with Gasteiger partial charge < -0.3 is 10.6 Å². The van der Waals surface area contributed by atoms with Crippen LogP contribution in [0.25, 0.3) is 21.1 Å². The van der Waals surface area contributed by atoms with E-state index in [1.54, 1.807) is 23.7 Å². The van der Waals surface area contributed by atoms with Gasteiger partial charge in [0, 0.05) is 17.8 Å². The van der Waals surface area contributed by atoms with Crippen molar-refractivity contribution < 1.29 is 18.0 Å². The van der Waals surface area contributed by atoms with Gasteiger partial charge in [0.25, 0.3) is 5.91 Å². The quantitative estimate of drug-likeness (QED) is 0.385. The predicted octanol–water partition coefficient (Wildman–Crippen LogP) is 5.08. The van der Waals surface area contributed by atoms with Crippen molar-refractivity contribution in [3.8, 4) is 0 Å². The van der Waals surface area contributed by atoms with Crippen molar-refractivity contribution in [2.24, 2.45) is 0 Å². The zero-order valence-corrected chi connectivity index (χ0v) is 18.1. The largest absolute Gasteiger partial charge is 0.451 e. The summed E-state index contributed by atoms with van der Waals surface area (Å²) in [6, 6.07) is 14.5. The smallest absolute Gasteiger partial charge is 0.384 e. The predicted molar refractivity (Wildman–Crippen MR) is 123 cm³/mol. The fraction of sp³-hybridized carbons (Fsp3) is 0.0870. The first kappa shape index (κ1) is 21.7. The molecule has 2 N–H and O–H groups in total. The molecule has 0 fully saturated rings. The molecule has 5 rings (SSSR count). The van der Waals surface area contributed by atoms with Gasteiger partial charge in [-0.1, -0.05) is 18.2 Å². The van der Waals surface area contributed by atoms with E-state index in [0.717, 1.165) is 28.0 Å². The number of hydrogen-bond donors (Lipinski definition) is 1. The second-order valence-electron chi connectivity index (χ2n) is 7.43. The van der Waals surface area contributed by atoms with E-state index in [-0.39, 0.29) is 12.1 Å². The van der Waals surface area contributed by atoms with Gasteiger partial charge in [-0.15, -0.1) is 11.3 Å². The Morgan fingerprint density at radius 3 is 2.53 bits per heavy atom. The molecular weight excluding hydrogens is 465 g/mol. The summed E-state index contributed by atoms with van der Waals surface area (Å²) in [5, 5.41) is 0.886. The van der Waals surface area contributed by atoms with E-state index in [1.807, 2.05) is 30.3 Å². The summed E-state index contributed by atoms with van der Waals surface area (Å²) >= 11 is 1.36. The number of benzene rings is 2. The van der Waals surface area contributed by atoms with Crippen LogP contribution in [0.3, 0.4) is 0 Å². The Labute approximate surface area is 194 Å². The summed E-state index contributed by atoms with van der Waals surface area (Å²) in [6.45, 7) is 0.128. The molecule has 0 saturated heterocycles. The molecule has 2 aromatic carbocycles. The Morgan fingerprint density at radius 1 is 1.00 bits per heavy atom. The topological polar surface area (TPSA) is 97.9 Å². The second kappa shape index (κ2) is 8.34. The highest BCUT2D eigenvalue weighted by atomic mass is 32.1. The molecule has 34 heavy (non-hydrogen) atoms. The maximum Gasteiger partial charge on any atom is 0.451 e. The highest BCUT2D eigenvalue weighted by Crippen LogP contribution is 2.32. The first-order chi connectivity index (χ1) is 16.3. The van der Waals surface area contributed by atoms with Crippen LogP contribution in [-0.2, 0) is 12.7 Å². The fourth-order valence-electron chi connectivity index (χ4n) is 3.55. The average Bonchev–Trinajstić information content (AvgIpc) is 3.31. The molecular formula is C23H15F3N6OS. The van der Waals surface area contributed by atoms with Gasteiger partial charge >= 0.3 is 6.18 Å². The molecule has 0 aliphatic carbocycles. The number of aromatic nitrogens is 4. The Bertz CT molecular complexity index is 1520. The minimum absolute atomic E-state index is 0.0716. The van der Waals surface area contributed by atoms with Crippen LogP contribution in [0.5, 0.6) is 0 Å². The lowest BCUT2D eigenvalue weighted by molar-refractivity contribution is -0.145. The molecule has 3 aromatic heterocycles. The third kappa shape index (κ3) is 4.13. The first-order valence-corrected chi connectivity index (χ1v) is 10.9. The number of fused-ring (bicyclic) bond motifs is 2. The van der Waals surface area contributed by atoms with Gasteiger partial charge in [-0.25, -0.2) is 19.9 Å². The summed E-state index contributed by atoms with van der Waals surface area (Å²) in [4.78, 5) is 30.3. The Morgan fingerprint density at radius 2 is 1.76 bits per heavy atom. The molecule has 0 bridgehead atoms. The third-order valence-electron chi connectivity index (χ3n) is 5.14. The minimum Gasteiger partial charge on any atom is -0.384 e. The lowest BCUT2D eigenvalue weighted by atomic mass is 10.1. The molecule has 5 aromatic rings. The maximum absolute atomic E-state index is 13.5. The van der Waals surface area contributed by atoms with Crippen LogP contribution in [0, 0.1) is 0 Å². The van der Waals surface area contributed by atoms with Gasteiger partial charge in [-0.2, -0.15) is 13.2 Å². The summed E-state index contributed by atoms with van der Waals surface area (Å²) in [6.07, 6.45) is -2.92. The number of thiazole rings is 1. The monoisotopic (exact) mass is 480 g/mol. The van der Waals surface area contributed by atoms with Crippen molar-refractivity contribution in [2.45, 2.75) is 12.7 Å². The van der Waals surface area contributed by atoms with Crippen molar-refractivity contribution in [2.75, 3.05) is 10.6 Å². The van der Waals surface area contributed by atoms with Crippen molar-refractivity contribution in [1.82, 2.24) is 19.9 Å². The molecule has 7 nitrogen and oxygen atoms in total. The van der Waals surface area contributed by atoms with Crippen LogP contribution in [0.2, 0.25) is 0 Å². The second-order valence-corrected chi connectivity index (χ2v) is 8.28. The lowest BCUT2D eigenvalue weighted by Crippen LogP contribution is -2.31. The van der Waals surface area contributed by atoms with Crippen LogP contribution in [0.4, 0.5) is 24.7 Å². The third-order valence-corrected chi connectivity index (χ3v) is 6.01. The SMILES string of the molecule is Nc1ccc2ccc(CN(C(=O)c3cnc(C(F)(F)F)nc3)c3cccc4ncsc34)cc2n1. The summed E-state index contributed by atoms with van der Waals surface area (Å²) in [5.41, 5.74) is 10.1. The number of carbonyl (C=O) groups is 1. The number of halogens is 3. The van der Waals surface area contributed by atoms with Crippen LogP contribution in [0.1, 0.15) is 21.7 Å². The van der Waals surface area contributed by atoms with Crippen LogP contribution in [-0.4, -0.2) is 25.8 Å². The Kier molecular flexibility index (Phi) is 5.33. The molecule has 0 radical (unpaired) electrons. The number of carbonyl (C=O) groups excluding carboxylic acids is 1. The van der Waals surface area contributed by atoms with Crippen molar-refractivity contribution in [3.63, 3.8) is 0 Å². The van der Waals surface area contributed by atoms with Gasteiger partial charge in [-0.3, -0.25) is 4.79 Å². The number of nitrogens with two attached hydrogens (primary N) is 1. The van der Waals surface area contributed by atoms with Gasteiger partial charge in [0.2, 0.25) is 5.82 Å². The van der Waals surface area contributed by atoms with Crippen molar-refractivity contribution in [3.05, 3.63) is 83.4 Å². The molecule has 0 saturated carbocycles. The van der Waals surface area contributed by atoms with Crippen LogP contribution < -0.4 is 10.6 Å².